The Bertz CT molecular complexity index is 1460. The summed E-state index contributed by atoms with van der Waals surface area (Å²) in [6.07, 6.45) is -2.68. The van der Waals surface area contributed by atoms with E-state index < -0.39 is 6.43 Å². The molecular weight excluding hydrogens is 516 g/mol. The van der Waals surface area contributed by atoms with Gasteiger partial charge in [0.1, 0.15) is 5.69 Å². The van der Waals surface area contributed by atoms with Gasteiger partial charge in [-0.25, -0.2) is 13.8 Å². The molecule has 34 heavy (non-hydrogen) atoms. The maximum Gasteiger partial charge on any atom is 0.291 e. The molecule has 5 nitrogen and oxygen atoms in total. The van der Waals surface area contributed by atoms with E-state index in [9.17, 15) is 8.78 Å². The molecular formula is C23H18ClF2N5S3. The molecule has 0 unspecified atom stereocenters. The summed E-state index contributed by atoms with van der Waals surface area (Å²) in [6, 6.07) is 14.1. The Balaban J connectivity index is 1.59. The minimum Gasteiger partial charge on any atom is -0.257 e. The van der Waals surface area contributed by atoms with Crippen molar-refractivity contribution in [3.63, 3.8) is 0 Å². The maximum absolute atomic E-state index is 13.2. The first-order valence-corrected chi connectivity index (χ1v) is 13.3. The van der Waals surface area contributed by atoms with E-state index in [0.29, 0.717) is 22.3 Å². The highest BCUT2D eigenvalue weighted by Gasteiger charge is 2.22. The lowest BCUT2D eigenvalue weighted by atomic mass is 10.2. The van der Waals surface area contributed by atoms with Gasteiger partial charge in [0.2, 0.25) is 0 Å². The Morgan fingerprint density at radius 3 is 2.56 bits per heavy atom. The molecule has 0 aliphatic heterocycles. The third-order valence-electron chi connectivity index (χ3n) is 5.14. The minimum atomic E-state index is -2.68. The van der Waals surface area contributed by atoms with Crippen molar-refractivity contribution in [3.8, 4) is 10.7 Å². The molecule has 5 rings (SSSR count). The molecule has 0 spiro atoms. The van der Waals surface area contributed by atoms with Crippen LogP contribution in [0.15, 0.2) is 47.4 Å². The van der Waals surface area contributed by atoms with Crippen LogP contribution in [0, 0.1) is 13.8 Å². The van der Waals surface area contributed by atoms with E-state index in [1.54, 1.807) is 23.1 Å². The number of aryl methyl sites for hydroxylation is 2. The molecule has 11 heteroatoms. The zero-order valence-corrected chi connectivity index (χ0v) is 21.3. The van der Waals surface area contributed by atoms with Gasteiger partial charge in [0, 0.05) is 20.9 Å². The fourth-order valence-corrected chi connectivity index (χ4v) is 6.54. The molecule has 0 saturated heterocycles. The second kappa shape index (κ2) is 9.69. The second-order valence-corrected chi connectivity index (χ2v) is 11.3. The molecule has 0 bridgehead atoms. The van der Waals surface area contributed by atoms with Crippen LogP contribution in [0.4, 0.5) is 8.78 Å². The van der Waals surface area contributed by atoms with Crippen molar-refractivity contribution in [3.05, 3.63) is 73.6 Å². The fourth-order valence-electron chi connectivity index (χ4n) is 3.61. The van der Waals surface area contributed by atoms with Crippen molar-refractivity contribution in [2.45, 2.75) is 37.5 Å². The average molecular weight is 534 g/mol. The average Bonchev–Trinajstić information content (AvgIpc) is 3.51. The maximum atomic E-state index is 13.2. The quantitative estimate of drug-likeness (QED) is 0.202. The minimum absolute atomic E-state index is 0.327. The predicted octanol–water partition coefficient (Wildman–Crippen LogP) is 7.56. The van der Waals surface area contributed by atoms with Crippen LogP contribution < -0.4 is 0 Å². The summed E-state index contributed by atoms with van der Waals surface area (Å²) in [7, 11) is 0. The first-order valence-electron chi connectivity index (χ1n) is 10.3. The highest BCUT2D eigenvalue weighted by Crippen LogP contribution is 2.39. The van der Waals surface area contributed by atoms with Crippen molar-refractivity contribution >= 4 is 56.9 Å². The van der Waals surface area contributed by atoms with Gasteiger partial charge < -0.3 is 0 Å². The molecule has 3 aromatic heterocycles. The van der Waals surface area contributed by atoms with Crippen LogP contribution >= 0.6 is 46.0 Å². The molecule has 2 aromatic carbocycles. The number of halogens is 3. The predicted molar refractivity (Wildman–Crippen MR) is 135 cm³/mol. The molecule has 0 fully saturated rings. The fraction of sp³-hybridized carbons (Fsp3) is 0.217. The third kappa shape index (κ3) is 4.72. The molecule has 0 aliphatic carbocycles. The number of rotatable bonds is 7. The van der Waals surface area contributed by atoms with E-state index in [4.69, 9.17) is 16.7 Å². The summed E-state index contributed by atoms with van der Waals surface area (Å²) in [6.45, 7) is 4.40. The van der Waals surface area contributed by atoms with Crippen LogP contribution in [-0.4, -0.2) is 25.0 Å². The lowest BCUT2D eigenvalue weighted by Gasteiger charge is -2.07. The molecule has 0 amide bonds. The lowest BCUT2D eigenvalue weighted by Crippen LogP contribution is -2.02. The van der Waals surface area contributed by atoms with Gasteiger partial charge in [0.05, 0.1) is 27.8 Å². The number of hydrogen-bond donors (Lipinski definition) is 0. The molecule has 3 heterocycles. The van der Waals surface area contributed by atoms with Crippen molar-refractivity contribution < 1.29 is 8.78 Å². The van der Waals surface area contributed by atoms with Gasteiger partial charge >= 0.3 is 0 Å². The number of benzene rings is 2. The van der Waals surface area contributed by atoms with E-state index >= 15 is 0 Å². The summed E-state index contributed by atoms with van der Waals surface area (Å²) in [5.41, 5.74) is 3.37. The number of hydrogen-bond acceptors (Lipinski definition) is 7. The Morgan fingerprint density at radius 1 is 1.09 bits per heavy atom. The van der Waals surface area contributed by atoms with Crippen molar-refractivity contribution in [1.82, 2.24) is 25.0 Å². The topological polar surface area (TPSA) is 56.5 Å². The van der Waals surface area contributed by atoms with Crippen LogP contribution in [-0.2, 0) is 12.3 Å². The number of alkyl halides is 2. The van der Waals surface area contributed by atoms with Gasteiger partial charge in [-0.3, -0.25) is 4.68 Å². The first-order chi connectivity index (χ1) is 16.4. The summed E-state index contributed by atoms with van der Waals surface area (Å²) in [4.78, 5) is 6.53. The van der Waals surface area contributed by atoms with Crippen LogP contribution in [0.2, 0.25) is 5.02 Å². The van der Waals surface area contributed by atoms with Gasteiger partial charge in [0.15, 0.2) is 10.0 Å². The highest BCUT2D eigenvalue weighted by molar-refractivity contribution is 7.98. The Morgan fingerprint density at radius 2 is 1.88 bits per heavy atom. The van der Waals surface area contributed by atoms with Gasteiger partial charge in [-0.2, -0.15) is 5.10 Å². The highest BCUT2D eigenvalue weighted by atomic mass is 35.5. The molecule has 174 valence electrons. The van der Waals surface area contributed by atoms with E-state index in [1.807, 2.05) is 48.9 Å². The number of fused-ring (bicyclic) bond motifs is 1. The summed E-state index contributed by atoms with van der Waals surface area (Å²) >= 11 is 10.9. The molecule has 0 atom stereocenters. The normalized spacial score (nSPS) is 11.7. The molecule has 0 saturated carbocycles. The summed E-state index contributed by atoms with van der Waals surface area (Å²) in [5.74, 6) is 0.778. The zero-order valence-electron chi connectivity index (χ0n) is 18.1. The van der Waals surface area contributed by atoms with Gasteiger partial charge in [0.25, 0.3) is 6.43 Å². The van der Waals surface area contributed by atoms with Crippen LogP contribution in [0.5, 0.6) is 0 Å². The number of thioether (sulfide) groups is 1. The summed E-state index contributed by atoms with van der Waals surface area (Å²) in [5, 5.41) is 14.7. The monoisotopic (exact) mass is 533 g/mol. The summed E-state index contributed by atoms with van der Waals surface area (Å²) < 4.78 is 28.2. The van der Waals surface area contributed by atoms with Crippen LogP contribution in [0.1, 0.15) is 32.6 Å². The van der Waals surface area contributed by atoms with Crippen LogP contribution in [0.25, 0.3) is 21.6 Å². The van der Waals surface area contributed by atoms with Crippen molar-refractivity contribution in [1.29, 1.82) is 0 Å². The molecule has 5 aromatic rings. The first kappa shape index (κ1) is 23.3. The lowest BCUT2D eigenvalue weighted by molar-refractivity contribution is 0.150. The van der Waals surface area contributed by atoms with Crippen molar-refractivity contribution in [2.24, 2.45) is 0 Å². The largest absolute Gasteiger partial charge is 0.291 e. The number of aromatic nitrogens is 5. The van der Waals surface area contributed by atoms with Crippen molar-refractivity contribution in [2.75, 3.05) is 0 Å². The van der Waals surface area contributed by atoms with E-state index in [-0.39, 0.29) is 5.01 Å². The Kier molecular flexibility index (Phi) is 6.65. The number of thiazole rings is 1. The Labute approximate surface area is 211 Å². The van der Waals surface area contributed by atoms with Gasteiger partial charge in [-0.1, -0.05) is 53.3 Å². The van der Waals surface area contributed by atoms with Gasteiger partial charge in [-0.15, -0.1) is 33.3 Å². The molecule has 0 radical (unpaired) electrons. The van der Waals surface area contributed by atoms with E-state index in [2.05, 4.69) is 27.3 Å². The zero-order chi connectivity index (χ0) is 23.8. The SMILES string of the molecule is Cc1nc(C)c(Cn2nc(-c3nnc(C(F)F)s3)c3cc(SCc4ccccc4)cc(Cl)c32)s1. The smallest absolute Gasteiger partial charge is 0.257 e. The van der Waals surface area contributed by atoms with Gasteiger partial charge in [-0.05, 0) is 31.5 Å². The second-order valence-electron chi connectivity index (χ2n) is 7.57. The molecule has 0 aliphatic rings. The third-order valence-corrected chi connectivity index (χ3v) is 8.47. The van der Waals surface area contributed by atoms with Crippen LogP contribution in [0.3, 0.4) is 0 Å². The van der Waals surface area contributed by atoms with E-state index in [0.717, 1.165) is 48.5 Å². The standard InChI is InChI=1S/C23H18ClF2N5S3/c1-12-18(33-13(2)27-12)10-31-20-16(19(30-31)22-28-29-23(34-22)21(25)26)8-15(9-17(20)24)32-11-14-6-4-3-5-7-14/h3-9,21H,10-11H2,1-2H3. The molecule has 0 N–H and O–H groups in total. The Hall–Kier alpha value is -2.40. The number of nitrogens with zero attached hydrogens (tertiary/aromatic N) is 5. The van der Waals surface area contributed by atoms with E-state index in [1.165, 1.54) is 5.56 Å².